The van der Waals surface area contributed by atoms with Gasteiger partial charge in [-0.3, -0.25) is 4.79 Å². The highest BCUT2D eigenvalue weighted by Gasteiger charge is 2.32. The van der Waals surface area contributed by atoms with Crippen molar-refractivity contribution in [2.45, 2.75) is 19.4 Å². The van der Waals surface area contributed by atoms with E-state index in [1.807, 2.05) is 61.5 Å². The molecule has 3 aromatic carbocycles. The minimum absolute atomic E-state index is 0.163. The molecule has 5 nitrogen and oxygen atoms in total. The highest BCUT2D eigenvalue weighted by molar-refractivity contribution is 6.31. The van der Waals surface area contributed by atoms with Gasteiger partial charge in [-0.2, -0.15) is 0 Å². The third kappa shape index (κ3) is 4.02. The van der Waals surface area contributed by atoms with Crippen LogP contribution in [0.3, 0.4) is 0 Å². The van der Waals surface area contributed by atoms with Crippen molar-refractivity contribution >= 4 is 34.9 Å². The quantitative estimate of drug-likeness (QED) is 0.618. The van der Waals surface area contributed by atoms with Crippen molar-refractivity contribution in [3.8, 4) is 0 Å². The molecule has 3 amide bonds. The van der Waals surface area contributed by atoms with Gasteiger partial charge in [0.2, 0.25) is 0 Å². The summed E-state index contributed by atoms with van der Waals surface area (Å²) in [5.41, 5.74) is 4.13. The molecular formula is C24H22ClN3O2. The SMILES string of the molecule is Cc1c(Cl)cccc1NC(=O)N[C@H](C(=O)N1CCc2ccccc21)c1ccccc1. The number of amides is 3. The van der Waals surface area contributed by atoms with Crippen LogP contribution in [0.5, 0.6) is 0 Å². The summed E-state index contributed by atoms with van der Waals surface area (Å²) in [4.78, 5) is 28.0. The fraction of sp³-hybridized carbons (Fsp3) is 0.167. The Bertz CT molecular complexity index is 1080. The summed E-state index contributed by atoms with van der Waals surface area (Å²) in [6.07, 6.45) is 0.803. The van der Waals surface area contributed by atoms with E-state index in [4.69, 9.17) is 11.6 Å². The topological polar surface area (TPSA) is 61.4 Å². The molecule has 1 heterocycles. The van der Waals surface area contributed by atoms with E-state index in [0.29, 0.717) is 17.3 Å². The average molecular weight is 420 g/mol. The largest absolute Gasteiger partial charge is 0.322 e. The molecule has 0 spiro atoms. The van der Waals surface area contributed by atoms with Gasteiger partial charge < -0.3 is 15.5 Å². The number of halogens is 1. The number of carbonyl (C=O) groups is 2. The number of benzene rings is 3. The molecule has 4 rings (SSSR count). The first kappa shape index (κ1) is 20.0. The van der Waals surface area contributed by atoms with E-state index in [1.54, 1.807) is 23.1 Å². The zero-order valence-corrected chi connectivity index (χ0v) is 17.3. The van der Waals surface area contributed by atoms with Crippen LogP contribution in [0.25, 0.3) is 0 Å². The van der Waals surface area contributed by atoms with Gasteiger partial charge in [0.15, 0.2) is 0 Å². The molecule has 0 saturated carbocycles. The Morgan fingerprint density at radius 1 is 0.967 bits per heavy atom. The number of carbonyl (C=O) groups excluding carboxylic acids is 2. The van der Waals surface area contributed by atoms with Crippen molar-refractivity contribution in [1.82, 2.24) is 5.32 Å². The Balaban J connectivity index is 1.59. The molecule has 1 aliphatic heterocycles. The normalized spacial score (nSPS) is 13.5. The Morgan fingerprint density at radius 3 is 2.50 bits per heavy atom. The van der Waals surface area contributed by atoms with E-state index in [9.17, 15) is 9.59 Å². The van der Waals surface area contributed by atoms with Crippen LogP contribution in [0.4, 0.5) is 16.2 Å². The highest BCUT2D eigenvalue weighted by Crippen LogP contribution is 2.30. The minimum atomic E-state index is -0.808. The zero-order valence-electron chi connectivity index (χ0n) is 16.6. The van der Waals surface area contributed by atoms with Gasteiger partial charge in [0.25, 0.3) is 5.91 Å². The smallest absolute Gasteiger partial charge is 0.320 e. The second-order valence-corrected chi connectivity index (χ2v) is 7.63. The lowest BCUT2D eigenvalue weighted by molar-refractivity contribution is -0.120. The lowest BCUT2D eigenvalue weighted by atomic mass is 10.1. The summed E-state index contributed by atoms with van der Waals surface area (Å²) in [5.74, 6) is -0.163. The summed E-state index contributed by atoms with van der Waals surface area (Å²) in [6, 6.07) is 21.2. The molecule has 3 aromatic rings. The minimum Gasteiger partial charge on any atom is -0.322 e. The molecule has 2 N–H and O–H groups in total. The molecule has 0 unspecified atom stereocenters. The first-order valence-corrected chi connectivity index (χ1v) is 10.2. The number of fused-ring (bicyclic) bond motifs is 1. The van der Waals surface area contributed by atoms with Gasteiger partial charge in [0.05, 0.1) is 0 Å². The first-order chi connectivity index (χ1) is 14.5. The number of nitrogens with one attached hydrogen (secondary N) is 2. The van der Waals surface area contributed by atoms with Crippen LogP contribution < -0.4 is 15.5 Å². The van der Waals surface area contributed by atoms with Gasteiger partial charge >= 0.3 is 6.03 Å². The highest BCUT2D eigenvalue weighted by atomic mass is 35.5. The molecule has 0 aromatic heterocycles. The second-order valence-electron chi connectivity index (χ2n) is 7.22. The maximum atomic E-state index is 13.5. The van der Waals surface area contributed by atoms with E-state index < -0.39 is 12.1 Å². The predicted molar refractivity (Wildman–Crippen MR) is 120 cm³/mol. The molecule has 0 bridgehead atoms. The zero-order chi connectivity index (χ0) is 21.1. The molecule has 0 radical (unpaired) electrons. The van der Waals surface area contributed by atoms with E-state index in [2.05, 4.69) is 10.6 Å². The Labute approximate surface area is 180 Å². The third-order valence-corrected chi connectivity index (χ3v) is 5.73. The number of anilines is 2. The first-order valence-electron chi connectivity index (χ1n) is 9.81. The number of hydrogen-bond donors (Lipinski definition) is 2. The van der Waals surface area contributed by atoms with Gasteiger partial charge in [-0.15, -0.1) is 0 Å². The maximum absolute atomic E-state index is 13.5. The molecule has 0 saturated heterocycles. The van der Waals surface area contributed by atoms with Gasteiger partial charge in [-0.25, -0.2) is 4.79 Å². The molecule has 0 aliphatic carbocycles. The van der Waals surface area contributed by atoms with E-state index in [1.165, 1.54) is 0 Å². The van der Waals surface area contributed by atoms with E-state index in [0.717, 1.165) is 28.8 Å². The van der Waals surface area contributed by atoms with Crippen LogP contribution in [0.2, 0.25) is 5.02 Å². The summed E-state index contributed by atoms with van der Waals surface area (Å²) in [5, 5.41) is 6.23. The van der Waals surface area contributed by atoms with Gasteiger partial charge in [-0.1, -0.05) is 66.2 Å². The van der Waals surface area contributed by atoms with Gasteiger partial charge in [0.1, 0.15) is 6.04 Å². The lowest BCUT2D eigenvalue weighted by Gasteiger charge is -2.25. The van der Waals surface area contributed by atoms with Crippen LogP contribution in [0.15, 0.2) is 72.8 Å². The Hall–Kier alpha value is -3.31. The van der Waals surface area contributed by atoms with Crippen molar-refractivity contribution in [2.75, 3.05) is 16.8 Å². The summed E-state index contributed by atoms with van der Waals surface area (Å²) < 4.78 is 0. The van der Waals surface area contributed by atoms with Gasteiger partial charge in [-0.05, 0) is 48.2 Å². The molecule has 0 fully saturated rings. The standard InChI is InChI=1S/C24H22ClN3O2/c1-16-19(25)11-7-12-20(16)26-24(30)27-22(18-9-3-2-4-10-18)23(29)28-15-14-17-8-5-6-13-21(17)28/h2-13,22H,14-15H2,1H3,(H2,26,27,30)/t22-/m0/s1. The number of hydrogen-bond acceptors (Lipinski definition) is 2. The lowest BCUT2D eigenvalue weighted by Crippen LogP contribution is -2.44. The maximum Gasteiger partial charge on any atom is 0.320 e. The fourth-order valence-corrected chi connectivity index (χ4v) is 3.86. The Morgan fingerprint density at radius 2 is 1.70 bits per heavy atom. The van der Waals surface area contributed by atoms with Crippen LogP contribution in [0.1, 0.15) is 22.7 Å². The van der Waals surface area contributed by atoms with Crippen LogP contribution in [-0.4, -0.2) is 18.5 Å². The molecule has 6 heteroatoms. The van der Waals surface area contributed by atoms with Gasteiger partial charge in [0, 0.05) is 22.9 Å². The van der Waals surface area contributed by atoms with Crippen molar-refractivity contribution in [2.24, 2.45) is 0 Å². The number of para-hydroxylation sites is 1. The molecular weight excluding hydrogens is 398 g/mol. The second kappa shape index (κ2) is 8.59. The molecule has 1 aliphatic rings. The average Bonchev–Trinajstić information content (AvgIpc) is 3.20. The Kier molecular flexibility index (Phi) is 5.72. The van der Waals surface area contributed by atoms with Crippen molar-refractivity contribution < 1.29 is 9.59 Å². The molecule has 1 atom stereocenters. The van der Waals surface area contributed by atoms with E-state index in [-0.39, 0.29) is 5.91 Å². The summed E-state index contributed by atoms with van der Waals surface area (Å²) in [7, 11) is 0. The fourth-order valence-electron chi connectivity index (χ4n) is 3.69. The van der Waals surface area contributed by atoms with Crippen molar-refractivity contribution in [1.29, 1.82) is 0 Å². The molecule has 30 heavy (non-hydrogen) atoms. The summed E-state index contributed by atoms with van der Waals surface area (Å²) >= 11 is 6.15. The predicted octanol–water partition coefficient (Wildman–Crippen LogP) is 5.10. The number of urea groups is 1. The van der Waals surface area contributed by atoms with Crippen LogP contribution in [0, 0.1) is 6.92 Å². The summed E-state index contributed by atoms with van der Waals surface area (Å²) in [6.45, 7) is 2.43. The number of rotatable bonds is 4. The third-order valence-electron chi connectivity index (χ3n) is 5.32. The monoisotopic (exact) mass is 419 g/mol. The van der Waals surface area contributed by atoms with Crippen LogP contribution >= 0.6 is 11.6 Å². The van der Waals surface area contributed by atoms with Crippen molar-refractivity contribution in [3.05, 3.63) is 94.5 Å². The number of nitrogens with zero attached hydrogens (tertiary/aromatic N) is 1. The van der Waals surface area contributed by atoms with Crippen LogP contribution in [-0.2, 0) is 11.2 Å². The van der Waals surface area contributed by atoms with E-state index >= 15 is 0 Å². The van der Waals surface area contributed by atoms with Crippen molar-refractivity contribution in [3.63, 3.8) is 0 Å². The molecule has 152 valence electrons.